The Balaban J connectivity index is 2.52. The molecule has 0 bridgehead atoms. The van der Waals surface area contributed by atoms with Crippen LogP contribution >= 0.6 is 0 Å². The van der Waals surface area contributed by atoms with E-state index < -0.39 is 0 Å². The molecule has 2 aromatic rings. The van der Waals surface area contributed by atoms with Gasteiger partial charge in [0, 0.05) is 14.1 Å². The van der Waals surface area contributed by atoms with Crippen molar-refractivity contribution in [3.63, 3.8) is 0 Å². The summed E-state index contributed by atoms with van der Waals surface area (Å²) in [7, 11) is 3.85. The van der Waals surface area contributed by atoms with Crippen LogP contribution in [-0.4, -0.2) is 29.1 Å². The maximum absolute atomic E-state index is 4.50. The molecule has 0 aliphatic rings. The van der Waals surface area contributed by atoms with E-state index in [0.29, 0.717) is 0 Å². The zero-order valence-corrected chi connectivity index (χ0v) is 9.15. The van der Waals surface area contributed by atoms with Crippen LogP contribution in [0.2, 0.25) is 0 Å². The molecule has 0 fully saturated rings. The van der Waals surface area contributed by atoms with Crippen LogP contribution in [0, 0.1) is 6.92 Å². The maximum Gasteiger partial charge on any atom is 0.162 e. The highest BCUT2D eigenvalue weighted by Gasteiger charge is 2.04. The van der Waals surface area contributed by atoms with Gasteiger partial charge in [0.25, 0.3) is 0 Å². The van der Waals surface area contributed by atoms with Gasteiger partial charge in [0.15, 0.2) is 5.82 Å². The zero-order valence-electron chi connectivity index (χ0n) is 9.15. The van der Waals surface area contributed by atoms with E-state index in [-0.39, 0.29) is 0 Å². The van der Waals surface area contributed by atoms with Gasteiger partial charge in [-0.15, -0.1) is 0 Å². The second-order valence-corrected chi connectivity index (χ2v) is 3.65. The number of hydrogen-bond donors (Lipinski definition) is 1. The summed E-state index contributed by atoms with van der Waals surface area (Å²) >= 11 is 0. The number of fused-ring (bicyclic) bond motifs is 1. The molecular weight excluding hydrogens is 188 g/mol. The van der Waals surface area contributed by atoms with Gasteiger partial charge in [0.2, 0.25) is 0 Å². The standard InChI is InChI=1S/C11H14N4/c1-8-11(14-15(2)3)13-10-7-5-4-6-9(10)12-8/h4-7H,1-3H3,(H,13,14). The van der Waals surface area contributed by atoms with Crippen LogP contribution in [0.25, 0.3) is 11.0 Å². The Morgan fingerprint density at radius 2 is 1.67 bits per heavy atom. The van der Waals surface area contributed by atoms with Crippen molar-refractivity contribution < 1.29 is 0 Å². The molecule has 1 aromatic heterocycles. The van der Waals surface area contributed by atoms with Crippen molar-refractivity contribution in [1.82, 2.24) is 15.0 Å². The van der Waals surface area contributed by atoms with Gasteiger partial charge in [-0.2, -0.15) is 0 Å². The van der Waals surface area contributed by atoms with Gasteiger partial charge in [0.1, 0.15) is 0 Å². The van der Waals surface area contributed by atoms with Gasteiger partial charge in [-0.3, -0.25) is 0 Å². The fraction of sp³-hybridized carbons (Fsp3) is 0.273. The van der Waals surface area contributed by atoms with Crippen molar-refractivity contribution >= 4 is 16.9 Å². The van der Waals surface area contributed by atoms with Crippen LogP contribution in [0.1, 0.15) is 5.69 Å². The van der Waals surface area contributed by atoms with Gasteiger partial charge in [-0.05, 0) is 19.1 Å². The van der Waals surface area contributed by atoms with Crippen molar-refractivity contribution in [1.29, 1.82) is 0 Å². The fourth-order valence-electron chi connectivity index (χ4n) is 1.41. The van der Waals surface area contributed by atoms with Crippen LogP contribution < -0.4 is 5.43 Å². The summed E-state index contributed by atoms with van der Waals surface area (Å²) < 4.78 is 0. The Kier molecular flexibility index (Phi) is 2.51. The van der Waals surface area contributed by atoms with Gasteiger partial charge in [-0.1, -0.05) is 12.1 Å². The van der Waals surface area contributed by atoms with E-state index in [0.717, 1.165) is 22.5 Å². The van der Waals surface area contributed by atoms with E-state index in [2.05, 4.69) is 15.4 Å². The third-order valence-corrected chi connectivity index (χ3v) is 2.07. The molecule has 1 N–H and O–H groups in total. The van der Waals surface area contributed by atoms with Crippen LogP contribution in [-0.2, 0) is 0 Å². The summed E-state index contributed by atoms with van der Waals surface area (Å²) in [5, 5.41) is 1.85. The minimum Gasteiger partial charge on any atom is -0.302 e. The molecule has 0 unspecified atom stereocenters. The molecule has 0 amide bonds. The number of hydrazine groups is 1. The molecule has 0 saturated heterocycles. The molecule has 1 aromatic carbocycles. The summed E-state index contributed by atoms with van der Waals surface area (Å²) in [6.45, 7) is 1.95. The van der Waals surface area contributed by atoms with E-state index in [1.165, 1.54) is 0 Å². The number of nitrogens with one attached hydrogen (secondary N) is 1. The minimum atomic E-state index is 0.804. The first-order valence-electron chi connectivity index (χ1n) is 4.84. The first-order chi connectivity index (χ1) is 7.16. The third kappa shape index (κ3) is 2.05. The Hall–Kier alpha value is -1.68. The molecule has 4 heteroatoms. The molecule has 0 aliphatic carbocycles. The number of para-hydroxylation sites is 2. The summed E-state index contributed by atoms with van der Waals surface area (Å²) in [6.07, 6.45) is 0. The summed E-state index contributed by atoms with van der Waals surface area (Å²) in [5.74, 6) is 0.804. The molecule has 0 aliphatic heterocycles. The number of aryl methyl sites for hydroxylation is 1. The molecule has 0 atom stereocenters. The largest absolute Gasteiger partial charge is 0.302 e. The normalized spacial score (nSPS) is 10.9. The highest BCUT2D eigenvalue weighted by molar-refractivity contribution is 5.76. The van der Waals surface area contributed by atoms with Crippen LogP contribution in [0.4, 0.5) is 5.82 Å². The predicted molar refractivity (Wildman–Crippen MR) is 61.6 cm³/mol. The highest BCUT2D eigenvalue weighted by Crippen LogP contribution is 2.15. The monoisotopic (exact) mass is 202 g/mol. The lowest BCUT2D eigenvalue weighted by Crippen LogP contribution is -2.21. The van der Waals surface area contributed by atoms with Crippen LogP contribution in [0.15, 0.2) is 24.3 Å². The quantitative estimate of drug-likeness (QED) is 0.754. The number of benzene rings is 1. The fourth-order valence-corrected chi connectivity index (χ4v) is 1.41. The molecule has 15 heavy (non-hydrogen) atoms. The second-order valence-electron chi connectivity index (χ2n) is 3.65. The highest BCUT2D eigenvalue weighted by atomic mass is 15.5. The summed E-state index contributed by atoms with van der Waals surface area (Å²) in [6, 6.07) is 7.86. The SMILES string of the molecule is Cc1nc2ccccc2nc1NN(C)C. The Bertz CT molecular complexity index is 479. The smallest absolute Gasteiger partial charge is 0.162 e. The molecule has 2 rings (SSSR count). The van der Waals surface area contributed by atoms with E-state index in [1.54, 1.807) is 0 Å². The van der Waals surface area contributed by atoms with Gasteiger partial charge < -0.3 is 5.43 Å². The molecule has 0 spiro atoms. The Morgan fingerprint density at radius 1 is 1.07 bits per heavy atom. The third-order valence-electron chi connectivity index (χ3n) is 2.07. The molecule has 1 heterocycles. The molecule has 0 radical (unpaired) electrons. The number of hydrogen-bond acceptors (Lipinski definition) is 4. The van der Waals surface area contributed by atoms with Crippen molar-refractivity contribution in [3.05, 3.63) is 30.0 Å². The van der Waals surface area contributed by atoms with E-state index in [1.807, 2.05) is 50.3 Å². The average molecular weight is 202 g/mol. The lowest BCUT2D eigenvalue weighted by molar-refractivity contribution is 0.491. The van der Waals surface area contributed by atoms with Gasteiger partial charge in [0.05, 0.1) is 16.7 Å². The second kappa shape index (κ2) is 3.82. The van der Waals surface area contributed by atoms with Crippen molar-refractivity contribution in [2.45, 2.75) is 6.92 Å². The summed E-state index contributed by atoms with van der Waals surface area (Å²) in [4.78, 5) is 8.98. The molecular formula is C11H14N4. The molecule has 78 valence electrons. The number of rotatable bonds is 2. The first kappa shape index (κ1) is 9.86. The topological polar surface area (TPSA) is 41.1 Å². The lowest BCUT2D eigenvalue weighted by atomic mass is 10.3. The maximum atomic E-state index is 4.50. The van der Waals surface area contributed by atoms with Crippen molar-refractivity contribution in [3.8, 4) is 0 Å². The van der Waals surface area contributed by atoms with Crippen molar-refractivity contribution in [2.24, 2.45) is 0 Å². The van der Waals surface area contributed by atoms with Gasteiger partial charge >= 0.3 is 0 Å². The number of aromatic nitrogens is 2. The molecule has 0 saturated carbocycles. The van der Waals surface area contributed by atoms with Gasteiger partial charge in [-0.25, -0.2) is 15.0 Å². The lowest BCUT2D eigenvalue weighted by Gasteiger charge is -2.14. The Morgan fingerprint density at radius 3 is 2.27 bits per heavy atom. The first-order valence-corrected chi connectivity index (χ1v) is 4.84. The van der Waals surface area contributed by atoms with E-state index in [4.69, 9.17) is 0 Å². The minimum absolute atomic E-state index is 0.804. The average Bonchev–Trinajstić information content (AvgIpc) is 2.18. The zero-order chi connectivity index (χ0) is 10.8. The Labute approximate surface area is 88.9 Å². The van der Waals surface area contributed by atoms with Crippen LogP contribution in [0.3, 0.4) is 0 Å². The van der Waals surface area contributed by atoms with Crippen molar-refractivity contribution in [2.75, 3.05) is 19.5 Å². The predicted octanol–water partition coefficient (Wildman–Crippen LogP) is 1.83. The number of nitrogens with zero attached hydrogens (tertiary/aromatic N) is 3. The molecule has 4 nitrogen and oxygen atoms in total. The van der Waals surface area contributed by atoms with Crippen LogP contribution in [0.5, 0.6) is 0 Å². The number of anilines is 1. The van der Waals surface area contributed by atoms with E-state index in [9.17, 15) is 0 Å². The van der Waals surface area contributed by atoms with E-state index >= 15 is 0 Å². The summed E-state index contributed by atoms with van der Waals surface area (Å²) in [5.41, 5.74) is 5.87.